The van der Waals surface area contributed by atoms with E-state index in [0.29, 0.717) is 16.0 Å². The van der Waals surface area contributed by atoms with E-state index >= 15 is 0 Å². The molecule has 5 heteroatoms. The molecule has 0 spiro atoms. The number of benzene rings is 1. The van der Waals surface area contributed by atoms with E-state index in [1.54, 1.807) is 0 Å². The van der Waals surface area contributed by atoms with Crippen molar-refractivity contribution in [2.75, 3.05) is 0 Å². The standard InChI is InChI=1S/C13H12Cl2N2O/c14-9-4-1-3-8(7-9)13-16-12(15)10-5-2-6-11(18)17(10)13/h1,3-4,7,11,18H,2,5-6H2. The van der Waals surface area contributed by atoms with Crippen LogP contribution in [-0.4, -0.2) is 14.7 Å². The van der Waals surface area contributed by atoms with Crippen molar-refractivity contribution in [3.63, 3.8) is 0 Å². The normalized spacial score (nSPS) is 18.7. The van der Waals surface area contributed by atoms with Gasteiger partial charge in [0, 0.05) is 10.6 Å². The van der Waals surface area contributed by atoms with E-state index in [2.05, 4.69) is 4.98 Å². The number of imidazole rings is 1. The third-order valence-corrected chi connectivity index (χ3v) is 3.76. The van der Waals surface area contributed by atoms with Crippen LogP contribution in [0.3, 0.4) is 0 Å². The number of halogens is 2. The van der Waals surface area contributed by atoms with Crippen LogP contribution < -0.4 is 0 Å². The average Bonchev–Trinajstić information content (AvgIpc) is 2.69. The number of hydrogen-bond donors (Lipinski definition) is 1. The highest BCUT2D eigenvalue weighted by Crippen LogP contribution is 2.34. The lowest BCUT2D eigenvalue weighted by atomic mass is 10.1. The summed E-state index contributed by atoms with van der Waals surface area (Å²) in [5.74, 6) is 0.685. The van der Waals surface area contributed by atoms with Crippen LogP contribution in [0.25, 0.3) is 11.4 Å². The molecular formula is C13H12Cl2N2O. The molecular weight excluding hydrogens is 271 g/mol. The lowest BCUT2D eigenvalue weighted by molar-refractivity contribution is 0.0807. The molecule has 0 fully saturated rings. The molecule has 0 saturated carbocycles. The molecule has 1 aliphatic heterocycles. The van der Waals surface area contributed by atoms with Crippen LogP contribution in [0.4, 0.5) is 0 Å². The van der Waals surface area contributed by atoms with E-state index in [0.717, 1.165) is 30.5 Å². The van der Waals surface area contributed by atoms with Gasteiger partial charge in [0.25, 0.3) is 0 Å². The summed E-state index contributed by atoms with van der Waals surface area (Å²) in [6.45, 7) is 0. The molecule has 1 aliphatic rings. The molecule has 3 rings (SSSR count). The van der Waals surface area contributed by atoms with Crippen LogP contribution in [0.5, 0.6) is 0 Å². The fourth-order valence-electron chi connectivity index (χ4n) is 2.40. The van der Waals surface area contributed by atoms with E-state index in [4.69, 9.17) is 23.2 Å². The number of aromatic nitrogens is 2. The molecule has 0 amide bonds. The molecule has 2 heterocycles. The maximum Gasteiger partial charge on any atom is 0.151 e. The van der Waals surface area contributed by atoms with Gasteiger partial charge in [-0.25, -0.2) is 4.98 Å². The Labute approximate surface area is 115 Å². The number of rotatable bonds is 1. The Morgan fingerprint density at radius 1 is 1.33 bits per heavy atom. The van der Waals surface area contributed by atoms with Gasteiger partial charge in [-0.05, 0) is 31.4 Å². The molecule has 1 atom stereocenters. The van der Waals surface area contributed by atoms with Gasteiger partial charge >= 0.3 is 0 Å². The van der Waals surface area contributed by atoms with Crippen molar-refractivity contribution >= 4 is 23.2 Å². The van der Waals surface area contributed by atoms with Gasteiger partial charge in [-0.3, -0.25) is 0 Å². The molecule has 1 aromatic heterocycles. The van der Waals surface area contributed by atoms with Gasteiger partial charge in [0.2, 0.25) is 0 Å². The van der Waals surface area contributed by atoms with Gasteiger partial charge in [-0.15, -0.1) is 0 Å². The smallest absolute Gasteiger partial charge is 0.151 e. The molecule has 1 aromatic carbocycles. The van der Waals surface area contributed by atoms with Gasteiger partial charge in [-0.1, -0.05) is 35.3 Å². The number of fused-ring (bicyclic) bond motifs is 1. The van der Waals surface area contributed by atoms with E-state index < -0.39 is 6.23 Å². The monoisotopic (exact) mass is 282 g/mol. The molecule has 2 aromatic rings. The van der Waals surface area contributed by atoms with Crippen molar-refractivity contribution in [2.45, 2.75) is 25.5 Å². The molecule has 94 valence electrons. The molecule has 0 radical (unpaired) electrons. The minimum absolute atomic E-state index is 0.476. The van der Waals surface area contributed by atoms with E-state index in [-0.39, 0.29) is 0 Å². The molecule has 0 bridgehead atoms. The zero-order chi connectivity index (χ0) is 12.7. The van der Waals surface area contributed by atoms with Gasteiger partial charge in [0.05, 0.1) is 5.69 Å². The van der Waals surface area contributed by atoms with Gasteiger partial charge in [0.1, 0.15) is 12.1 Å². The molecule has 0 aliphatic carbocycles. The summed E-state index contributed by atoms with van der Waals surface area (Å²) in [6, 6.07) is 7.42. The van der Waals surface area contributed by atoms with E-state index in [1.807, 2.05) is 28.8 Å². The maximum atomic E-state index is 10.1. The third-order valence-electron chi connectivity index (χ3n) is 3.22. The Hall–Kier alpha value is -1.03. The number of nitrogens with zero attached hydrogens (tertiary/aromatic N) is 2. The number of hydrogen-bond acceptors (Lipinski definition) is 2. The number of aliphatic hydroxyl groups excluding tert-OH is 1. The van der Waals surface area contributed by atoms with Gasteiger partial charge in [-0.2, -0.15) is 0 Å². The van der Waals surface area contributed by atoms with Crippen LogP contribution in [0, 0.1) is 0 Å². The Kier molecular flexibility index (Phi) is 3.06. The SMILES string of the molecule is OC1CCCc2c(Cl)nc(-c3cccc(Cl)c3)n21. The summed E-state index contributed by atoms with van der Waals surface area (Å²) < 4.78 is 1.82. The van der Waals surface area contributed by atoms with Crippen molar-refractivity contribution in [3.05, 3.63) is 40.1 Å². The topological polar surface area (TPSA) is 38.1 Å². The first-order valence-corrected chi connectivity index (χ1v) is 6.63. The largest absolute Gasteiger partial charge is 0.373 e. The van der Waals surface area contributed by atoms with Crippen LogP contribution in [0.15, 0.2) is 24.3 Å². The molecule has 0 saturated heterocycles. The molecule has 3 nitrogen and oxygen atoms in total. The molecule has 1 N–H and O–H groups in total. The highest BCUT2D eigenvalue weighted by Gasteiger charge is 2.25. The lowest BCUT2D eigenvalue weighted by Gasteiger charge is -2.23. The van der Waals surface area contributed by atoms with Crippen LogP contribution in [0.1, 0.15) is 24.8 Å². The van der Waals surface area contributed by atoms with Gasteiger partial charge < -0.3 is 9.67 Å². The van der Waals surface area contributed by atoms with Crippen LogP contribution >= 0.6 is 23.2 Å². The summed E-state index contributed by atoms with van der Waals surface area (Å²) in [4.78, 5) is 4.36. The fourth-order valence-corrected chi connectivity index (χ4v) is 2.85. The highest BCUT2D eigenvalue weighted by molar-refractivity contribution is 6.31. The van der Waals surface area contributed by atoms with E-state index in [9.17, 15) is 5.11 Å². The third kappa shape index (κ3) is 1.92. The lowest BCUT2D eigenvalue weighted by Crippen LogP contribution is -2.17. The summed E-state index contributed by atoms with van der Waals surface area (Å²) in [5, 5.41) is 11.2. The first kappa shape index (κ1) is 12.0. The Morgan fingerprint density at radius 3 is 2.94 bits per heavy atom. The number of aliphatic hydroxyl groups is 1. The maximum absolute atomic E-state index is 10.1. The second-order valence-electron chi connectivity index (χ2n) is 4.43. The predicted molar refractivity (Wildman–Crippen MR) is 71.9 cm³/mol. The Morgan fingerprint density at radius 2 is 2.17 bits per heavy atom. The molecule has 1 unspecified atom stereocenters. The highest BCUT2D eigenvalue weighted by atomic mass is 35.5. The van der Waals surface area contributed by atoms with Crippen LogP contribution in [-0.2, 0) is 6.42 Å². The van der Waals surface area contributed by atoms with Crippen molar-refractivity contribution < 1.29 is 5.11 Å². The van der Waals surface area contributed by atoms with Crippen molar-refractivity contribution in [3.8, 4) is 11.4 Å². The Bertz CT molecular complexity index is 595. The van der Waals surface area contributed by atoms with Crippen molar-refractivity contribution in [1.82, 2.24) is 9.55 Å². The molecule has 18 heavy (non-hydrogen) atoms. The average molecular weight is 283 g/mol. The summed E-state index contributed by atoms with van der Waals surface area (Å²) >= 11 is 12.1. The minimum Gasteiger partial charge on any atom is -0.373 e. The first-order chi connectivity index (χ1) is 8.66. The summed E-state index contributed by atoms with van der Waals surface area (Å²) in [5.41, 5.74) is 1.78. The van der Waals surface area contributed by atoms with Crippen LogP contribution in [0.2, 0.25) is 10.2 Å². The quantitative estimate of drug-likeness (QED) is 0.866. The minimum atomic E-state index is -0.553. The zero-order valence-electron chi connectivity index (χ0n) is 9.61. The van der Waals surface area contributed by atoms with Gasteiger partial charge in [0.15, 0.2) is 5.15 Å². The second-order valence-corrected chi connectivity index (χ2v) is 5.22. The Balaban J connectivity index is 2.18. The van der Waals surface area contributed by atoms with Crippen molar-refractivity contribution in [1.29, 1.82) is 0 Å². The fraction of sp³-hybridized carbons (Fsp3) is 0.308. The zero-order valence-corrected chi connectivity index (χ0v) is 11.1. The summed E-state index contributed by atoms with van der Waals surface area (Å²) in [7, 11) is 0. The summed E-state index contributed by atoms with van der Waals surface area (Å²) in [6.07, 6.45) is 1.96. The second kappa shape index (κ2) is 4.57. The predicted octanol–water partition coefficient (Wildman–Crippen LogP) is 3.68. The van der Waals surface area contributed by atoms with E-state index in [1.165, 1.54) is 0 Å². The first-order valence-electron chi connectivity index (χ1n) is 5.87. The van der Waals surface area contributed by atoms with Crippen molar-refractivity contribution in [2.24, 2.45) is 0 Å².